The third-order valence-corrected chi connectivity index (χ3v) is 4.49. The first-order chi connectivity index (χ1) is 13.5. The highest BCUT2D eigenvalue weighted by molar-refractivity contribution is 5.89. The smallest absolute Gasteiger partial charge is 0.416 e. The number of hydrogen-bond donors (Lipinski definition) is 3. The summed E-state index contributed by atoms with van der Waals surface area (Å²) in [5.74, 6) is -2.51. The minimum absolute atomic E-state index is 0.231. The maximum atomic E-state index is 13.1. The van der Waals surface area contributed by atoms with Crippen LogP contribution in [0.3, 0.4) is 0 Å². The van der Waals surface area contributed by atoms with Gasteiger partial charge in [-0.3, -0.25) is 4.90 Å². The largest absolute Gasteiger partial charge is 0.478 e. The van der Waals surface area contributed by atoms with E-state index in [-0.39, 0.29) is 6.04 Å². The molecule has 1 aromatic rings. The van der Waals surface area contributed by atoms with Gasteiger partial charge in [-0.2, -0.15) is 13.2 Å². The van der Waals surface area contributed by atoms with Crippen molar-refractivity contribution in [1.29, 1.82) is 0 Å². The molecule has 0 aliphatic carbocycles. The van der Waals surface area contributed by atoms with Crippen LogP contribution < -0.4 is 5.32 Å². The maximum absolute atomic E-state index is 13.1. The van der Waals surface area contributed by atoms with Gasteiger partial charge in [0.2, 0.25) is 0 Å². The number of hydrogen-bond acceptors (Lipinski definition) is 4. The lowest BCUT2D eigenvalue weighted by molar-refractivity contribution is -0.138. The van der Waals surface area contributed by atoms with E-state index in [2.05, 4.69) is 24.1 Å². The Bertz CT molecular complexity index is 683. The molecule has 0 unspecified atom stereocenters. The monoisotopic (exact) mass is 416 g/mol. The predicted octanol–water partition coefficient (Wildman–Crippen LogP) is 3.38. The second-order valence-corrected chi connectivity index (χ2v) is 6.91. The van der Waals surface area contributed by atoms with Crippen LogP contribution in [0.4, 0.5) is 13.2 Å². The summed E-state index contributed by atoms with van der Waals surface area (Å²) >= 11 is 0. The third kappa shape index (κ3) is 9.10. The molecular weight excluding hydrogens is 389 g/mol. The highest BCUT2D eigenvalue weighted by atomic mass is 19.4. The van der Waals surface area contributed by atoms with E-state index in [0.29, 0.717) is 30.3 Å². The Labute approximate surface area is 168 Å². The van der Waals surface area contributed by atoms with E-state index in [9.17, 15) is 22.8 Å². The number of rotatable bonds is 6. The average Bonchev–Trinajstić information content (AvgIpc) is 2.65. The van der Waals surface area contributed by atoms with Crippen LogP contribution >= 0.6 is 0 Å². The fraction of sp³-hybridized carbons (Fsp3) is 0.500. The first-order valence-electron chi connectivity index (χ1n) is 9.27. The number of halogens is 3. The highest BCUT2D eigenvalue weighted by Gasteiger charge is 2.34. The second kappa shape index (κ2) is 11.6. The van der Waals surface area contributed by atoms with Crippen molar-refractivity contribution in [2.24, 2.45) is 0 Å². The van der Waals surface area contributed by atoms with Gasteiger partial charge in [-0.1, -0.05) is 18.2 Å². The van der Waals surface area contributed by atoms with Crippen molar-refractivity contribution in [3.63, 3.8) is 0 Å². The second-order valence-electron chi connectivity index (χ2n) is 6.91. The van der Waals surface area contributed by atoms with E-state index >= 15 is 0 Å². The van der Waals surface area contributed by atoms with Gasteiger partial charge < -0.3 is 15.5 Å². The van der Waals surface area contributed by atoms with Crippen LogP contribution in [0.15, 0.2) is 36.4 Å². The Morgan fingerprint density at radius 1 is 1.14 bits per heavy atom. The Morgan fingerprint density at radius 3 is 2.10 bits per heavy atom. The molecule has 3 N–H and O–H groups in total. The van der Waals surface area contributed by atoms with Gasteiger partial charge in [-0.25, -0.2) is 9.59 Å². The summed E-state index contributed by atoms with van der Waals surface area (Å²) in [7, 11) is 0. The molecular formula is C20H27F3N2O4. The SMILES string of the molecule is CC(C)N(Cc1ccccc1C(F)(F)F)C1CCNCC1.O=C(O)/C=C/C(=O)O. The fourth-order valence-electron chi connectivity index (χ4n) is 3.15. The average molecular weight is 416 g/mol. The van der Waals surface area contributed by atoms with E-state index in [1.165, 1.54) is 12.1 Å². The third-order valence-electron chi connectivity index (χ3n) is 4.49. The topological polar surface area (TPSA) is 89.9 Å². The van der Waals surface area contributed by atoms with Gasteiger partial charge in [-0.05, 0) is 51.4 Å². The molecule has 162 valence electrons. The number of nitrogens with one attached hydrogen (secondary N) is 1. The molecule has 1 fully saturated rings. The minimum Gasteiger partial charge on any atom is -0.478 e. The number of aliphatic carboxylic acids is 2. The summed E-state index contributed by atoms with van der Waals surface area (Å²) in [5.41, 5.74) is -0.137. The molecule has 0 atom stereocenters. The lowest BCUT2D eigenvalue weighted by Gasteiger charge is -2.38. The molecule has 1 saturated heterocycles. The number of nitrogens with zero attached hydrogens (tertiary/aromatic N) is 1. The van der Waals surface area contributed by atoms with E-state index in [4.69, 9.17) is 10.2 Å². The van der Waals surface area contributed by atoms with E-state index in [1.54, 1.807) is 12.1 Å². The van der Waals surface area contributed by atoms with Gasteiger partial charge in [0.05, 0.1) is 5.56 Å². The minimum atomic E-state index is -4.28. The van der Waals surface area contributed by atoms with Gasteiger partial charge in [0, 0.05) is 30.8 Å². The standard InChI is InChI=1S/C16H23F3N2.C4H4O4/c1-12(2)21(14-7-9-20-10-8-14)11-13-5-3-4-6-15(13)16(17,18)19;5-3(6)1-2-4(7)8/h3-6,12,14,20H,7-11H2,1-2H3;1-2H,(H,5,6)(H,7,8)/b;2-1+. The zero-order chi connectivity index (χ0) is 22.0. The van der Waals surface area contributed by atoms with Crippen molar-refractivity contribution in [2.75, 3.05) is 13.1 Å². The van der Waals surface area contributed by atoms with E-state index in [0.717, 1.165) is 25.9 Å². The van der Waals surface area contributed by atoms with Crippen molar-refractivity contribution in [1.82, 2.24) is 10.2 Å². The normalized spacial score (nSPS) is 15.4. The molecule has 0 amide bonds. The molecule has 0 aromatic heterocycles. The molecule has 0 spiro atoms. The Balaban J connectivity index is 0.000000447. The van der Waals surface area contributed by atoms with Crippen molar-refractivity contribution in [2.45, 2.75) is 51.5 Å². The van der Waals surface area contributed by atoms with Crippen LogP contribution in [0.25, 0.3) is 0 Å². The summed E-state index contributed by atoms with van der Waals surface area (Å²) in [5, 5.41) is 18.9. The molecule has 0 radical (unpaired) electrons. The number of carbonyl (C=O) groups is 2. The molecule has 1 aromatic carbocycles. The quantitative estimate of drug-likeness (QED) is 0.616. The summed E-state index contributed by atoms with van der Waals surface area (Å²) in [6.45, 7) is 6.35. The fourth-order valence-corrected chi connectivity index (χ4v) is 3.15. The van der Waals surface area contributed by atoms with Crippen LogP contribution in [0, 0.1) is 0 Å². The maximum Gasteiger partial charge on any atom is 0.416 e. The van der Waals surface area contributed by atoms with Gasteiger partial charge in [0.25, 0.3) is 0 Å². The molecule has 29 heavy (non-hydrogen) atoms. The summed E-state index contributed by atoms with van der Waals surface area (Å²) in [6, 6.07) is 6.50. The lowest BCUT2D eigenvalue weighted by Crippen LogP contribution is -2.46. The number of piperidine rings is 1. The molecule has 9 heteroatoms. The Kier molecular flexibility index (Phi) is 9.84. The molecule has 1 aliphatic heterocycles. The lowest BCUT2D eigenvalue weighted by atomic mass is 10.00. The van der Waals surface area contributed by atoms with E-state index < -0.39 is 23.7 Å². The van der Waals surface area contributed by atoms with E-state index in [1.807, 2.05) is 0 Å². The van der Waals surface area contributed by atoms with Gasteiger partial charge >= 0.3 is 18.1 Å². The van der Waals surface area contributed by atoms with Crippen molar-refractivity contribution in [3.8, 4) is 0 Å². The highest BCUT2D eigenvalue weighted by Crippen LogP contribution is 2.33. The van der Waals surface area contributed by atoms with Crippen LogP contribution in [0.2, 0.25) is 0 Å². The first-order valence-corrected chi connectivity index (χ1v) is 9.27. The van der Waals surface area contributed by atoms with Crippen LogP contribution in [0.5, 0.6) is 0 Å². The zero-order valence-electron chi connectivity index (χ0n) is 16.4. The Hall–Kier alpha value is -2.39. The van der Waals surface area contributed by atoms with Crippen molar-refractivity contribution < 1.29 is 33.0 Å². The molecule has 0 saturated carbocycles. The molecule has 0 bridgehead atoms. The summed E-state index contributed by atoms with van der Waals surface area (Å²) in [4.78, 5) is 21.3. The van der Waals surface area contributed by atoms with Gasteiger partial charge in [0.15, 0.2) is 0 Å². The predicted molar refractivity (Wildman–Crippen MR) is 102 cm³/mol. The Morgan fingerprint density at radius 2 is 1.66 bits per heavy atom. The van der Waals surface area contributed by atoms with Crippen LogP contribution in [-0.2, 0) is 22.3 Å². The summed E-state index contributed by atoms with van der Waals surface area (Å²) in [6.07, 6.45) is -1.18. The molecule has 1 aliphatic rings. The van der Waals surface area contributed by atoms with Crippen molar-refractivity contribution >= 4 is 11.9 Å². The zero-order valence-corrected chi connectivity index (χ0v) is 16.4. The number of alkyl halides is 3. The van der Waals surface area contributed by atoms with Gasteiger partial charge in [-0.15, -0.1) is 0 Å². The van der Waals surface area contributed by atoms with Crippen molar-refractivity contribution in [3.05, 3.63) is 47.5 Å². The van der Waals surface area contributed by atoms with Crippen LogP contribution in [-0.4, -0.2) is 52.2 Å². The molecule has 1 heterocycles. The molecule has 2 rings (SSSR count). The number of carboxylic acid groups (broad SMARTS) is 2. The van der Waals surface area contributed by atoms with Crippen LogP contribution in [0.1, 0.15) is 37.8 Å². The molecule has 6 nitrogen and oxygen atoms in total. The number of benzene rings is 1. The first kappa shape index (κ1) is 24.6. The number of carboxylic acids is 2. The summed E-state index contributed by atoms with van der Waals surface area (Å²) < 4.78 is 39.3. The van der Waals surface area contributed by atoms with Gasteiger partial charge in [0.1, 0.15) is 0 Å².